The molecule has 6 atom stereocenters. The van der Waals surface area contributed by atoms with E-state index < -0.39 is 62.9 Å². The van der Waals surface area contributed by atoms with E-state index >= 15 is 0 Å². The van der Waals surface area contributed by atoms with Gasteiger partial charge in [0, 0.05) is 17.0 Å². The zero-order valence-corrected chi connectivity index (χ0v) is 27.3. The number of phenols is 1. The molecule has 1 saturated carbocycles. The van der Waals surface area contributed by atoms with Gasteiger partial charge in [0.15, 0.2) is 27.0 Å². The van der Waals surface area contributed by atoms with Crippen molar-refractivity contribution in [3.8, 4) is 11.5 Å². The lowest BCUT2D eigenvalue weighted by atomic mass is 9.56. The van der Waals surface area contributed by atoms with Crippen molar-refractivity contribution in [2.75, 3.05) is 16.4 Å². The summed E-state index contributed by atoms with van der Waals surface area (Å²) < 4.78 is 19.5. The lowest BCUT2D eigenvalue weighted by Gasteiger charge is -2.50. The Morgan fingerprint density at radius 2 is 1.56 bits per heavy atom. The van der Waals surface area contributed by atoms with Crippen molar-refractivity contribution >= 4 is 64.0 Å². The fourth-order valence-electron chi connectivity index (χ4n) is 7.89. The van der Waals surface area contributed by atoms with Crippen LogP contribution in [0.15, 0.2) is 78.4 Å². The summed E-state index contributed by atoms with van der Waals surface area (Å²) in [5.74, 6) is -7.48. The van der Waals surface area contributed by atoms with Gasteiger partial charge in [0.2, 0.25) is 11.8 Å². The molecule has 0 bridgehead atoms. The number of anilines is 2. The lowest BCUT2D eigenvalue weighted by Crippen LogP contribution is -2.60. The number of imide groups is 2. The molecule has 0 unspecified atom stereocenters. The van der Waals surface area contributed by atoms with Gasteiger partial charge >= 0.3 is 0 Å². The number of amides is 4. The number of phenolic OH excluding ortho intramolecular Hbond substituents is 1. The summed E-state index contributed by atoms with van der Waals surface area (Å²) in [4.78, 5) is 66.4. The maximum Gasteiger partial charge on any atom is 0.258 e. The second-order valence-corrected chi connectivity index (χ2v) is 13.7. The monoisotopic (exact) mass is 690 g/mol. The van der Waals surface area contributed by atoms with E-state index in [0.29, 0.717) is 16.8 Å². The fourth-order valence-corrected chi connectivity index (χ4v) is 8.81. The summed E-state index contributed by atoms with van der Waals surface area (Å²) in [7, 11) is 0. The van der Waals surface area contributed by atoms with Crippen LogP contribution in [0.3, 0.4) is 0 Å². The average Bonchev–Trinajstić information content (AvgIpc) is 3.40. The number of carbonyl (C=O) groups is 5. The number of ether oxygens (including phenoxy) is 1. The first-order valence-electron chi connectivity index (χ1n) is 15.5. The number of alkyl halides is 2. The topological polar surface area (TPSA) is 121 Å². The minimum atomic E-state index is -2.20. The number of fused-ring (bicyclic) bond motifs is 4. The Kier molecular flexibility index (Phi) is 7.52. The highest BCUT2D eigenvalue weighted by molar-refractivity contribution is 6.58. The SMILES string of the molecule is CCOc1cccc([C@H]2C3=CC[C@@H]4C(=O)N(c5ccc(C(C)=O)cc5)C(=O)[C@@H]4[C@@H]3C[C@@]3(Cl)C(=O)N(c4ccc(F)cc4)C(=O)[C@@]23Cl)c1O. The largest absolute Gasteiger partial charge is 0.504 e. The maximum atomic E-state index is 14.5. The predicted octanol–water partition coefficient (Wildman–Crippen LogP) is 5.90. The maximum absolute atomic E-state index is 14.5. The van der Waals surface area contributed by atoms with Crippen molar-refractivity contribution in [2.24, 2.45) is 17.8 Å². The van der Waals surface area contributed by atoms with Crippen LogP contribution < -0.4 is 14.5 Å². The van der Waals surface area contributed by atoms with Gasteiger partial charge in [-0.15, -0.1) is 23.2 Å². The molecule has 1 N–H and O–H groups in total. The molecule has 48 heavy (non-hydrogen) atoms. The molecule has 2 saturated heterocycles. The summed E-state index contributed by atoms with van der Waals surface area (Å²) >= 11 is 14.8. The van der Waals surface area contributed by atoms with Crippen LogP contribution in [-0.4, -0.2) is 50.9 Å². The minimum absolute atomic E-state index is 0.0500. The molecule has 0 aromatic heterocycles. The van der Waals surface area contributed by atoms with Gasteiger partial charge in [0.1, 0.15) is 5.82 Å². The number of allylic oxidation sites excluding steroid dienone is 2. The molecule has 0 spiro atoms. The predicted molar refractivity (Wildman–Crippen MR) is 175 cm³/mol. The number of nitrogens with zero attached hydrogens (tertiary/aromatic N) is 2. The number of Topliss-reactive ketones (excluding diaryl/α,β-unsaturated/α-hetero) is 1. The Morgan fingerprint density at radius 1 is 0.917 bits per heavy atom. The average molecular weight is 692 g/mol. The Morgan fingerprint density at radius 3 is 2.21 bits per heavy atom. The molecule has 3 aromatic rings. The van der Waals surface area contributed by atoms with E-state index in [1.165, 1.54) is 43.3 Å². The smallest absolute Gasteiger partial charge is 0.258 e. The molecular weight excluding hydrogens is 662 g/mol. The third-order valence-corrected chi connectivity index (χ3v) is 11.5. The number of hydrogen-bond donors (Lipinski definition) is 1. The van der Waals surface area contributed by atoms with Gasteiger partial charge in [0.05, 0.1) is 29.8 Å². The van der Waals surface area contributed by atoms with Gasteiger partial charge in [-0.3, -0.25) is 28.9 Å². The van der Waals surface area contributed by atoms with Crippen molar-refractivity contribution in [1.29, 1.82) is 0 Å². The molecule has 3 aromatic carbocycles. The van der Waals surface area contributed by atoms with Gasteiger partial charge in [-0.25, -0.2) is 9.29 Å². The number of hydrogen-bond acceptors (Lipinski definition) is 7. The van der Waals surface area contributed by atoms with Crippen molar-refractivity contribution in [3.63, 3.8) is 0 Å². The molecule has 2 aliphatic carbocycles. The summed E-state index contributed by atoms with van der Waals surface area (Å²) in [6.07, 6.45) is 1.61. The third-order valence-electron chi connectivity index (χ3n) is 10.1. The number of benzene rings is 3. The number of aromatic hydroxyl groups is 1. The van der Waals surface area contributed by atoms with E-state index in [1.54, 1.807) is 31.2 Å². The van der Waals surface area contributed by atoms with Crippen molar-refractivity contribution < 1.29 is 38.2 Å². The molecule has 4 amide bonds. The number of rotatable bonds is 6. The normalized spacial score (nSPS) is 29.4. The summed E-state index contributed by atoms with van der Waals surface area (Å²) in [6, 6.07) is 15.6. The first kappa shape index (κ1) is 32.0. The molecule has 0 radical (unpaired) electrons. The Labute approximate surface area is 284 Å². The molecule has 246 valence electrons. The first-order chi connectivity index (χ1) is 22.8. The third kappa shape index (κ3) is 4.31. The Hall–Kier alpha value is -4.54. The zero-order chi connectivity index (χ0) is 34.3. The Balaban J connectivity index is 1.39. The highest BCUT2D eigenvalue weighted by atomic mass is 35.5. The summed E-state index contributed by atoms with van der Waals surface area (Å²) in [5.41, 5.74) is 1.41. The molecular formula is C36H29Cl2FN2O7. The standard InChI is InChI=1S/C36H29Cl2FN2O7/c1-3-48-27-6-4-5-25(30(27)43)29-23-15-16-24-28(32(45)40(31(24)44)21-11-7-19(8-12-21)18(2)42)26(23)17-35(37)33(46)41(34(47)36(29,35)38)22-13-9-20(39)10-14-22/h4-15,24,26,28-29,43H,3,16-17H2,1-2H3/t24-,26+,28-,29+,35+,36-/m0/s1. The van der Waals surface area contributed by atoms with Crippen molar-refractivity contribution in [1.82, 2.24) is 0 Å². The highest BCUT2D eigenvalue weighted by Gasteiger charge is 2.77. The van der Waals surface area contributed by atoms with Gasteiger partial charge in [-0.1, -0.05) is 23.8 Å². The second kappa shape index (κ2) is 11.3. The van der Waals surface area contributed by atoms with Crippen LogP contribution in [0, 0.1) is 23.6 Å². The van der Waals surface area contributed by atoms with Crippen LogP contribution in [0.5, 0.6) is 11.5 Å². The van der Waals surface area contributed by atoms with Crippen LogP contribution in [0.4, 0.5) is 15.8 Å². The van der Waals surface area contributed by atoms with E-state index in [1.807, 2.05) is 0 Å². The van der Waals surface area contributed by atoms with Crippen LogP contribution in [-0.2, 0) is 19.2 Å². The van der Waals surface area contributed by atoms with E-state index in [4.69, 9.17) is 27.9 Å². The quantitative estimate of drug-likeness (QED) is 0.148. The molecule has 7 rings (SSSR count). The van der Waals surface area contributed by atoms with Crippen LogP contribution in [0.25, 0.3) is 0 Å². The van der Waals surface area contributed by atoms with E-state index in [2.05, 4.69) is 0 Å². The molecule has 9 nitrogen and oxygen atoms in total. The Bertz CT molecular complexity index is 1950. The molecule has 2 heterocycles. The molecule has 3 fully saturated rings. The number of para-hydroxylation sites is 1. The van der Waals surface area contributed by atoms with Crippen molar-refractivity contribution in [2.45, 2.75) is 42.4 Å². The second-order valence-electron chi connectivity index (χ2n) is 12.5. The van der Waals surface area contributed by atoms with Crippen molar-refractivity contribution in [3.05, 3.63) is 95.3 Å². The number of halogens is 3. The first-order valence-corrected chi connectivity index (χ1v) is 16.3. The van der Waals surface area contributed by atoms with Crippen LogP contribution >= 0.6 is 23.2 Å². The van der Waals surface area contributed by atoms with Crippen LogP contribution in [0.1, 0.15) is 48.5 Å². The summed E-state index contributed by atoms with van der Waals surface area (Å²) in [6.45, 7) is 3.37. The van der Waals surface area contributed by atoms with E-state index in [0.717, 1.165) is 21.9 Å². The number of ketones is 1. The van der Waals surface area contributed by atoms with Gasteiger partial charge in [-0.2, -0.15) is 0 Å². The molecule has 12 heteroatoms. The molecule has 4 aliphatic rings. The number of carbonyl (C=O) groups excluding carboxylic acids is 5. The highest BCUT2D eigenvalue weighted by Crippen LogP contribution is 2.66. The van der Waals surface area contributed by atoms with Gasteiger partial charge in [0.25, 0.3) is 11.8 Å². The van der Waals surface area contributed by atoms with Gasteiger partial charge in [-0.05, 0) is 87.2 Å². The fraction of sp³-hybridized carbons (Fsp3) is 0.306. The minimum Gasteiger partial charge on any atom is -0.504 e. The lowest BCUT2D eigenvalue weighted by molar-refractivity contribution is -0.125. The van der Waals surface area contributed by atoms with E-state index in [9.17, 15) is 33.5 Å². The van der Waals surface area contributed by atoms with E-state index in [-0.39, 0.29) is 48.0 Å². The zero-order valence-electron chi connectivity index (χ0n) is 25.8. The van der Waals surface area contributed by atoms with Gasteiger partial charge < -0.3 is 9.84 Å². The van der Waals surface area contributed by atoms with Crippen LogP contribution in [0.2, 0.25) is 0 Å². The molecule has 2 aliphatic heterocycles. The summed E-state index contributed by atoms with van der Waals surface area (Å²) in [5, 5.41) is 11.5.